The van der Waals surface area contributed by atoms with Crippen LogP contribution in [0.25, 0.3) is 0 Å². The van der Waals surface area contributed by atoms with E-state index in [0.717, 1.165) is 42.9 Å². The summed E-state index contributed by atoms with van der Waals surface area (Å²) in [7, 11) is 0. The molecule has 0 fully saturated rings. The minimum Gasteiger partial charge on any atom is -0.486 e. The molecule has 23 heavy (non-hydrogen) atoms. The van der Waals surface area contributed by atoms with Crippen molar-refractivity contribution < 1.29 is 9.53 Å². The van der Waals surface area contributed by atoms with Gasteiger partial charge in [0.25, 0.3) is 5.91 Å². The normalized spacial score (nSPS) is 21.2. The van der Waals surface area contributed by atoms with Crippen LogP contribution < -0.4 is 10.1 Å². The maximum atomic E-state index is 12.7. The molecule has 0 radical (unpaired) electrons. The molecule has 3 heterocycles. The van der Waals surface area contributed by atoms with E-state index in [1.165, 1.54) is 0 Å². The van der Waals surface area contributed by atoms with Gasteiger partial charge in [0.2, 0.25) is 0 Å². The Balaban J connectivity index is 1.52. The van der Waals surface area contributed by atoms with Gasteiger partial charge in [-0.1, -0.05) is 12.1 Å². The highest BCUT2D eigenvalue weighted by Crippen LogP contribution is 2.37. The molecule has 0 aliphatic carbocycles. The number of nitrogens with zero attached hydrogens (tertiary/aromatic N) is 2. The third kappa shape index (κ3) is 2.60. The second-order valence-electron chi connectivity index (χ2n) is 7.04. The fraction of sp³-hybridized carbons (Fsp3) is 0.444. The first-order valence-corrected chi connectivity index (χ1v) is 8.14. The fourth-order valence-electron chi connectivity index (χ4n) is 3.54. The molecule has 4 rings (SSSR count). The molecule has 1 atom stereocenters. The lowest BCUT2D eigenvalue weighted by Crippen LogP contribution is -2.41. The molecule has 0 spiro atoms. The minimum absolute atomic E-state index is 0.0480. The highest BCUT2D eigenvalue weighted by molar-refractivity contribution is 5.97. The number of aromatic nitrogens is 2. The summed E-state index contributed by atoms with van der Waals surface area (Å²) in [5.74, 6) is 1.79. The summed E-state index contributed by atoms with van der Waals surface area (Å²) >= 11 is 0. The van der Waals surface area contributed by atoms with Gasteiger partial charge in [-0.15, -0.1) is 0 Å². The number of imidazole rings is 1. The summed E-state index contributed by atoms with van der Waals surface area (Å²) in [6.45, 7) is 4.88. The lowest BCUT2D eigenvalue weighted by Gasteiger charge is -2.25. The van der Waals surface area contributed by atoms with Crippen LogP contribution in [0.15, 0.2) is 30.6 Å². The first-order chi connectivity index (χ1) is 11.0. The summed E-state index contributed by atoms with van der Waals surface area (Å²) in [4.78, 5) is 17.0. The molecular formula is C18H21N3O2. The number of aryl methyl sites for hydroxylation is 1. The standard InChI is InChI=1S/C18H21N3O2/c1-18(2)10-12-4-3-5-14(16(12)23-18)17(22)20-13-6-7-15-19-8-9-21(15)11-13/h3-5,8-9,13H,6-7,10-11H2,1-2H3,(H,20,22). The number of carbonyl (C=O) groups is 1. The summed E-state index contributed by atoms with van der Waals surface area (Å²) in [5, 5.41) is 3.16. The first-order valence-electron chi connectivity index (χ1n) is 8.14. The lowest BCUT2D eigenvalue weighted by molar-refractivity contribution is 0.0914. The summed E-state index contributed by atoms with van der Waals surface area (Å²) in [6.07, 6.45) is 6.45. The van der Waals surface area contributed by atoms with Crippen LogP contribution in [-0.2, 0) is 19.4 Å². The number of rotatable bonds is 2. The van der Waals surface area contributed by atoms with Crippen molar-refractivity contribution in [3.8, 4) is 5.75 Å². The van der Waals surface area contributed by atoms with E-state index in [0.29, 0.717) is 5.56 Å². The largest absolute Gasteiger partial charge is 0.486 e. The van der Waals surface area contributed by atoms with E-state index in [-0.39, 0.29) is 17.6 Å². The van der Waals surface area contributed by atoms with E-state index in [9.17, 15) is 4.79 Å². The molecule has 0 saturated carbocycles. The monoisotopic (exact) mass is 311 g/mol. The predicted molar refractivity (Wildman–Crippen MR) is 86.7 cm³/mol. The molecule has 5 heteroatoms. The number of para-hydroxylation sites is 1. The number of nitrogens with one attached hydrogen (secondary N) is 1. The molecular weight excluding hydrogens is 290 g/mol. The second kappa shape index (κ2) is 5.11. The smallest absolute Gasteiger partial charge is 0.255 e. The number of ether oxygens (including phenoxy) is 1. The zero-order valence-corrected chi connectivity index (χ0v) is 13.5. The second-order valence-corrected chi connectivity index (χ2v) is 7.04. The number of benzene rings is 1. The Morgan fingerprint density at radius 2 is 2.30 bits per heavy atom. The summed E-state index contributed by atoms with van der Waals surface area (Å²) in [5.41, 5.74) is 1.52. The van der Waals surface area contributed by atoms with Gasteiger partial charge in [-0.3, -0.25) is 4.79 Å². The Kier molecular flexibility index (Phi) is 3.18. The average Bonchev–Trinajstić information content (AvgIpc) is 3.07. The number of hydrogen-bond acceptors (Lipinski definition) is 3. The molecule has 120 valence electrons. The van der Waals surface area contributed by atoms with E-state index in [1.54, 1.807) is 0 Å². The number of amides is 1. The van der Waals surface area contributed by atoms with Gasteiger partial charge in [-0.2, -0.15) is 0 Å². The Bertz CT molecular complexity index is 763. The van der Waals surface area contributed by atoms with Crippen LogP contribution >= 0.6 is 0 Å². The Morgan fingerprint density at radius 3 is 3.17 bits per heavy atom. The van der Waals surface area contributed by atoms with Gasteiger partial charge in [-0.25, -0.2) is 4.98 Å². The molecule has 1 unspecified atom stereocenters. The van der Waals surface area contributed by atoms with Crippen LogP contribution in [0, 0.1) is 0 Å². The van der Waals surface area contributed by atoms with E-state index in [2.05, 4.69) is 28.7 Å². The van der Waals surface area contributed by atoms with Crippen LogP contribution in [0.4, 0.5) is 0 Å². The van der Waals surface area contributed by atoms with Gasteiger partial charge in [0.15, 0.2) is 0 Å². The fourth-order valence-corrected chi connectivity index (χ4v) is 3.54. The summed E-state index contributed by atoms with van der Waals surface area (Å²) in [6, 6.07) is 5.96. The van der Waals surface area contributed by atoms with Crippen LogP contribution in [0.1, 0.15) is 42.0 Å². The predicted octanol–water partition coefficient (Wildman–Crippen LogP) is 2.34. The van der Waals surface area contributed by atoms with Crippen molar-refractivity contribution in [3.05, 3.63) is 47.5 Å². The molecule has 1 aromatic carbocycles. The van der Waals surface area contributed by atoms with Crippen LogP contribution in [-0.4, -0.2) is 27.1 Å². The molecule has 2 aliphatic heterocycles. The maximum Gasteiger partial charge on any atom is 0.255 e. The molecule has 0 saturated heterocycles. The molecule has 1 N–H and O–H groups in total. The molecule has 1 amide bonds. The maximum absolute atomic E-state index is 12.7. The van der Waals surface area contributed by atoms with Crippen molar-refractivity contribution in [3.63, 3.8) is 0 Å². The highest BCUT2D eigenvalue weighted by atomic mass is 16.5. The van der Waals surface area contributed by atoms with Gasteiger partial charge in [0, 0.05) is 37.8 Å². The van der Waals surface area contributed by atoms with Gasteiger partial charge < -0.3 is 14.6 Å². The van der Waals surface area contributed by atoms with Crippen LogP contribution in [0.5, 0.6) is 5.75 Å². The SMILES string of the molecule is CC1(C)Cc2cccc(C(=O)NC3CCc4nccn4C3)c2O1. The van der Waals surface area contributed by atoms with Crippen molar-refractivity contribution in [1.82, 2.24) is 14.9 Å². The topological polar surface area (TPSA) is 56.2 Å². The van der Waals surface area contributed by atoms with E-state index in [1.807, 2.05) is 30.6 Å². The van der Waals surface area contributed by atoms with E-state index in [4.69, 9.17) is 4.74 Å². The van der Waals surface area contributed by atoms with Crippen LogP contribution in [0.2, 0.25) is 0 Å². The zero-order chi connectivity index (χ0) is 16.0. The Hall–Kier alpha value is -2.30. The van der Waals surface area contributed by atoms with Gasteiger partial charge in [-0.05, 0) is 31.9 Å². The number of carbonyl (C=O) groups excluding carboxylic acids is 1. The Morgan fingerprint density at radius 1 is 1.43 bits per heavy atom. The third-order valence-corrected chi connectivity index (χ3v) is 4.61. The van der Waals surface area contributed by atoms with Crippen molar-refractivity contribution in [2.75, 3.05) is 0 Å². The average molecular weight is 311 g/mol. The molecule has 2 aromatic rings. The number of hydrogen-bond donors (Lipinski definition) is 1. The Labute approximate surface area is 135 Å². The molecule has 5 nitrogen and oxygen atoms in total. The highest BCUT2D eigenvalue weighted by Gasteiger charge is 2.33. The van der Waals surface area contributed by atoms with Crippen molar-refractivity contribution in [1.29, 1.82) is 0 Å². The van der Waals surface area contributed by atoms with Crippen LogP contribution in [0.3, 0.4) is 0 Å². The quantitative estimate of drug-likeness (QED) is 0.926. The van der Waals surface area contributed by atoms with E-state index >= 15 is 0 Å². The first kappa shape index (κ1) is 14.3. The molecule has 2 aliphatic rings. The lowest BCUT2D eigenvalue weighted by atomic mass is 10.00. The molecule has 0 bridgehead atoms. The minimum atomic E-state index is -0.241. The summed E-state index contributed by atoms with van der Waals surface area (Å²) < 4.78 is 8.12. The van der Waals surface area contributed by atoms with Gasteiger partial charge in [0.05, 0.1) is 5.56 Å². The van der Waals surface area contributed by atoms with Gasteiger partial charge in [0.1, 0.15) is 17.2 Å². The van der Waals surface area contributed by atoms with Crippen molar-refractivity contribution >= 4 is 5.91 Å². The van der Waals surface area contributed by atoms with Crippen molar-refractivity contribution in [2.45, 2.75) is 51.3 Å². The van der Waals surface area contributed by atoms with Crippen molar-refractivity contribution in [2.24, 2.45) is 0 Å². The zero-order valence-electron chi connectivity index (χ0n) is 13.5. The molecule has 1 aromatic heterocycles. The van der Waals surface area contributed by atoms with E-state index < -0.39 is 0 Å². The van der Waals surface area contributed by atoms with Gasteiger partial charge >= 0.3 is 0 Å². The third-order valence-electron chi connectivity index (χ3n) is 4.61. The number of fused-ring (bicyclic) bond motifs is 2.